The molecule has 3 nitrogen and oxygen atoms in total. The standard InChI is InChI=1S/C15H15Cl2NO2/c16-13-5-2-6-14(17)12(13)8-18-9-15(20)10-3-1-4-11(19)7-10/h1-7,15,18-20H,8-9H2. The quantitative estimate of drug-likeness (QED) is 0.792. The molecule has 0 aliphatic heterocycles. The molecule has 0 fully saturated rings. The van der Waals surface area contributed by atoms with Gasteiger partial charge in [0.15, 0.2) is 0 Å². The average Bonchev–Trinajstić information content (AvgIpc) is 2.42. The van der Waals surface area contributed by atoms with E-state index in [0.29, 0.717) is 28.7 Å². The summed E-state index contributed by atoms with van der Waals surface area (Å²) in [6.07, 6.45) is -0.705. The predicted octanol–water partition coefficient (Wildman–Crippen LogP) is 3.52. The zero-order valence-electron chi connectivity index (χ0n) is 10.7. The van der Waals surface area contributed by atoms with Gasteiger partial charge in [0.2, 0.25) is 0 Å². The molecule has 0 radical (unpaired) electrons. The number of halogens is 2. The van der Waals surface area contributed by atoms with Crippen LogP contribution in [0.15, 0.2) is 42.5 Å². The lowest BCUT2D eigenvalue weighted by Crippen LogP contribution is -2.21. The molecule has 0 aliphatic carbocycles. The maximum atomic E-state index is 10.0. The van der Waals surface area contributed by atoms with Crippen molar-refractivity contribution < 1.29 is 10.2 Å². The molecular weight excluding hydrogens is 297 g/mol. The molecule has 2 aromatic rings. The SMILES string of the molecule is Oc1cccc(C(O)CNCc2c(Cl)cccc2Cl)c1. The molecule has 1 atom stereocenters. The van der Waals surface area contributed by atoms with Crippen molar-refractivity contribution in [1.82, 2.24) is 5.32 Å². The van der Waals surface area contributed by atoms with Crippen LogP contribution in [0.4, 0.5) is 0 Å². The van der Waals surface area contributed by atoms with Gasteiger partial charge in [-0.1, -0.05) is 41.4 Å². The summed E-state index contributed by atoms with van der Waals surface area (Å²) in [6, 6.07) is 11.9. The summed E-state index contributed by atoms with van der Waals surface area (Å²) < 4.78 is 0. The lowest BCUT2D eigenvalue weighted by atomic mass is 10.1. The Morgan fingerprint density at radius 3 is 2.35 bits per heavy atom. The number of nitrogens with one attached hydrogen (secondary N) is 1. The fourth-order valence-electron chi connectivity index (χ4n) is 1.89. The van der Waals surface area contributed by atoms with Gasteiger partial charge < -0.3 is 15.5 Å². The monoisotopic (exact) mass is 311 g/mol. The number of aliphatic hydroxyl groups excluding tert-OH is 1. The van der Waals surface area contributed by atoms with Crippen molar-refractivity contribution in [3.8, 4) is 5.75 Å². The van der Waals surface area contributed by atoms with Crippen LogP contribution in [0.3, 0.4) is 0 Å². The second-order valence-corrected chi connectivity index (χ2v) is 5.26. The van der Waals surface area contributed by atoms with Crippen molar-refractivity contribution in [3.05, 3.63) is 63.6 Å². The molecule has 0 heterocycles. The third-order valence-corrected chi connectivity index (χ3v) is 3.66. The van der Waals surface area contributed by atoms with E-state index < -0.39 is 6.10 Å². The minimum absolute atomic E-state index is 0.135. The summed E-state index contributed by atoms with van der Waals surface area (Å²) in [5.74, 6) is 0.135. The van der Waals surface area contributed by atoms with Gasteiger partial charge in [-0.2, -0.15) is 0 Å². The summed E-state index contributed by atoms with van der Waals surface area (Å²) in [5.41, 5.74) is 1.46. The van der Waals surface area contributed by atoms with Crippen LogP contribution in [0.1, 0.15) is 17.2 Å². The Balaban J connectivity index is 1.93. The van der Waals surface area contributed by atoms with Gasteiger partial charge in [0.05, 0.1) is 6.10 Å². The molecule has 0 spiro atoms. The molecule has 0 saturated carbocycles. The molecule has 106 valence electrons. The molecule has 0 saturated heterocycles. The van der Waals surface area contributed by atoms with Gasteiger partial charge in [-0.25, -0.2) is 0 Å². The van der Waals surface area contributed by atoms with Crippen LogP contribution in [0.2, 0.25) is 10.0 Å². The van der Waals surface area contributed by atoms with Gasteiger partial charge in [0, 0.05) is 28.7 Å². The zero-order valence-corrected chi connectivity index (χ0v) is 12.2. The van der Waals surface area contributed by atoms with E-state index in [1.807, 2.05) is 0 Å². The Morgan fingerprint density at radius 2 is 1.70 bits per heavy atom. The highest BCUT2D eigenvalue weighted by Crippen LogP contribution is 2.24. The van der Waals surface area contributed by atoms with Gasteiger partial charge in [0.25, 0.3) is 0 Å². The van der Waals surface area contributed by atoms with Gasteiger partial charge in [-0.3, -0.25) is 0 Å². The van der Waals surface area contributed by atoms with Gasteiger partial charge in [0.1, 0.15) is 5.75 Å². The first-order valence-corrected chi connectivity index (χ1v) is 6.94. The minimum Gasteiger partial charge on any atom is -0.508 e. The van der Waals surface area contributed by atoms with E-state index in [9.17, 15) is 10.2 Å². The van der Waals surface area contributed by atoms with E-state index in [4.69, 9.17) is 23.2 Å². The summed E-state index contributed by atoms with van der Waals surface area (Å²) >= 11 is 12.1. The van der Waals surface area contributed by atoms with E-state index in [1.165, 1.54) is 6.07 Å². The Hall–Kier alpha value is -1.26. The Bertz CT molecular complexity index is 570. The molecule has 2 aromatic carbocycles. The first-order chi connectivity index (χ1) is 9.58. The highest BCUT2D eigenvalue weighted by molar-refractivity contribution is 6.35. The number of aliphatic hydroxyl groups is 1. The second kappa shape index (κ2) is 6.95. The molecule has 1 unspecified atom stereocenters. The smallest absolute Gasteiger partial charge is 0.115 e. The lowest BCUT2D eigenvalue weighted by molar-refractivity contribution is 0.174. The maximum absolute atomic E-state index is 10.0. The Kier molecular flexibility index (Phi) is 5.26. The van der Waals surface area contributed by atoms with Gasteiger partial charge in [-0.05, 0) is 29.8 Å². The molecule has 5 heteroatoms. The van der Waals surface area contributed by atoms with Crippen LogP contribution in [0.25, 0.3) is 0 Å². The van der Waals surface area contributed by atoms with Crippen molar-refractivity contribution in [2.24, 2.45) is 0 Å². The number of aromatic hydroxyl groups is 1. The topological polar surface area (TPSA) is 52.5 Å². The molecular formula is C15H15Cl2NO2. The van der Waals surface area contributed by atoms with Crippen molar-refractivity contribution in [1.29, 1.82) is 0 Å². The number of phenols is 1. The third-order valence-electron chi connectivity index (χ3n) is 2.96. The molecule has 0 bridgehead atoms. The molecule has 0 amide bonds. The first-order valence-electron chi connectivity index (χ1n) is 6.18. The van der Waals surface area contributed by atoms with Crippen LogP contribution in [0.5, 0.6) is 5.75 Å². The molecule has 2 rings (SSSR count). The summed E-state index contributed by atoms with van der Waals surface area (Å²) in [4.78, 5) is 0. The highest BCUT2D eigenvalue weighted by atomic mass is 35.5. The molecule has 3 N–H and O–H groups in total. The van der Waals surface area contributed by atoms with Crippen molar-refractivity contribution >= 4 is 23.2 Å². The van der Waals surface area contributed by atoms with Crippen molar-refractivity contribution in [2.75, 3.05) is 6.54 Å². The normalized spacial score (nSPS) is 12.3. The van der Waals surface area contributed by atoms with Gasteiger partial charge in [-0.15, -0.1) is 0 Å². The first kappa shape index (κ1) is 15.1. The number of hydrogen-bond donors (Lipinski definition) is 3. The van der Waals surface area contributed by atoms with E-state index in [1.54, 1.807) is 36.4 Å². The van der Waals surface area contributed by atoms with Crippen LogP contribution >= 0.6 is 23.2 Å². The van der Waals surface area contributed by atoms with E-state index in [0.717, 1.165) is 5.56 Å². The number of hydrogen-bond acceptors (Lipinski definition) is 3. The summed E-state index contributed by atoms with van der Waals surface area (Å²) in [6.45, 7) is 0.805. The molecule has 20 heavy (non-hydrogen) atoms. The lowest BCUT2D eigenvalue weighted by Gasteiger charge is -2.13. The number of benzene rings is 2. The number of rotatable bonds is 5. The fourth-order valence-corrected chi connectivity index (χ4v) is 2.42. The number of phenolic OH excluding ortho intramolecular Hbond substituents is 1. The molecule has 0 aliphatic rings. The Labute approximate surface area is 127 Å². The third kappa shape index (κ3) is 3.87. The largest absolute Gasteiger partial charge is 0.508 e. The molecule has 0 aromatic heterocycles. The second-order valence-electron chi connectivity index (χ2n) is 4.44. The highest BCUT2D eigenvalue weighted by Gasteiger charge is 2.09. The maximum Gasteiger partial charge on any atom is 0.115 e. The van der Waals surface area contributed by atoms with Crippen LogP contribution < -0.4 is 5.32 Å². The summed E-state index contributed by atoms with van der Waals surface area (Å²) in [5, 5.41) is 23.7. The predicted molar refractivity (Wildman–Crippen MR) is 81.2 cm³/mol. The zero-order chi connectivity index (χ0) is 14.5. The minimum atomic E-state index is -0.705. The average molecular weight is 312 g/mol. The van der Waals surface area contributed by atoms with Crippen LogP contribution in [-0.4, -0.2) is 16.8 Å². The van der Waals surface area contributed by atoms with E-state index in [2.05, 4.69) is 5.32 Å². The van der Waals surface area contributed by atoms with Crippen LogP contribution in [-0.2, 0) is 6.54 Å². The van der Waals surface area contributed by atoms with E-state index in [-0.39, 0.29) is 5.75 Å². The summed E-state index contributed by atoms with van der Waals surface area (Å²) in [7, 11) is 0. The van der Waals surface area contributed by atoms with E-state index >= 15 is 0 Å². The fraction of sp³-hybridized carbons (Fsp3) is 0.200. The van der Waals surface area contributed by atoms with Crippen molar-refractivity contribution in [3.63, 3.8) is 0 Å². The van der Waals surface area contributed by atoms with Crippen LogP contribution in [0, 0.1) is 0 Å². The van der Waals surface area contributed by atoms with Gasteiger partial charge >= 0.3 is 0 Å². The van der Waals surface area contributed by atoms with Crippen molar-refractivity contribution in [2.45, 2.75) is 12.6 Å². The Morgan fingerprint density at radius 1 is 1.05 bits per heavy atom.